The Hall–Kier alpha value is -2.56. The Labute approximate surface area is 173 Å². The van der Waals surface area contributed by atoms with Crippen LogP contribution in [-0.4, -0.2) is 47.1 Å². The van der Waals surface area contributed by atoms with E-state index in [2.05, 4.69) is 14.8 Å². The van der Waals surface area contributed by atoms with E-state index in [-0.39, 0.29) is 23.4 Å². The summed E-state index contributed by atoms with van der Waals surface area (Å²) in [5, 5.41) is 6.07. The van der Waals surface area contributed by atoms with Gasteiger partial charge < -0.3 is 4.90 Å². The number of benzene rings is 1. The number of hydrogen-bond acceptors (Lipinski definition) is 6. The molecule has 1 N–H and O–H groups in total. The summed E-state index contributed by atoms with van der Waals surface area (Å²) in [6.45, 7) is 1.51. The fourth-order valence-corrected chi connectivity index (χ4v) is 5.10. The molecule has 0 bridgehead atoms. The molecule has 1 fully saturated rings. The summed E-state index contributed by atoms with van der Waals surface area (Å²) in [6.07, 6.45) is 4.85. The zero-order chi connectivity index (χ0) is 20.3. The van der Waals surface area contributed by atoms with Crippen LogP contribution < -0.4 is 4.72 Å². The van der Waals surface area contributed by atoms with E-state index in [1.165, 1.54) is 29.8 Å². The van der Waals surface area contributed by atoms with Crippen molar-refractivity contribution in [2.45, 2.75) is 30.3 Å². The smallest absolute Gasteiger partial charge is 0.253 e. The summed E-state index contributed by atoms with van der Waals surface area (Å²) in [5.41, 5.74) is 0.487. The van der Waals surface area contributed by atoms with Crippen molar-refractivity contribution in [3.05, 3.63) is 64.9 Å². The maximum atomic E-state index is 12.8. The average molecular weight is 432 g/mol. The molecule has 1 amide bonds. The minimum atomic E-state index is -3.62. The number of carbonyl (C=O) groups excluding carboxylic acids is 1. The average Bonchev–Trinajstić information content (AvgIpc) is 3.46. The Balaban J connectivity index is 1.36. The van der Waals surface area contributed by atoms with Gasteiger partial charge in [-0.15, -0.1) is 11.3 Å². The number of sulfonamides is 1. The predicted octanol–water partition coefficient (Wildman–Crippen LogP) is 2.30. The summed E-state index contributed by atoms with van der Waals surface area (Å²) < 4.78 is 29.3. The van der Waals surface area contributed by atoms with Crippen molar-refractivity contribution in [1.29, 1.82) is 0 Å². The minimum absolute atomic E-state index is 0.0856. The van der Waals surface area contributed by atoms with E-state index in [9.17, 15) is 13.2 Å². The number of nitrogens with zero attached hydrogens (tertiary/aromatic N) is 4. The molecule has 10 heteroatoms. The first-order chi connectivity index (χ1) is 14.0. The Bertz CT molecular complexity index is 1040. The molecule has 1 aromatic carbocycles. The highest BCUT2D eigenvalue weighted by Crippen LogP contribution is 2.23. The third-order valence-corrected chi connectivity index (χ3v) is 7.28. The lowest BCUT2D eigenvalue weighted by Crippen LogP contribution is -2.39. The van der Waals surface area contributed by atoms with E-state index in [1.807, 2.05) is 22.2 Å². The van der Waals surface area contributed by atoms with Gasteiger partial charge in [0.15, 0.2) is 0 Å². The fourth-order valence-electron chi connectivity index (χ4n) is 3.36. The second kappa shape index (κ2) is 8.44. The van der Waals surface area contributed by atoms with E-state index in [0.717, 1.165) is 17.7 Å². The molecule has 29 heavy (non-hydrogen) atoms. The molecule has 8 nitrogen and oxygen atoms in total. The molecule has 0 atom stereocenters. The molecule has 0 radical (unpaired) electrons. The number of nitrogens with one attached hydrogen (secondary N) is 1. The number of thiophene rings is 1. The summed E-state index contributed by atoms with van der Waals surface area (Å²) in [5.74, 6) is -0.0856. The van der Waals surface area contributed by atoms with E-state index in [0.29, 0.717) is 18.7 Å². The number of piperidine rings is 1. The van der Waals surface area contributed by atoms with Gasteiger partial charge in [0.2, 0.25) is 10.0 Å². The molecule has 152 valence electrons. The van der Waals surface area contributed by atoms with Crippen LogP contribution >= 0.6 is 11.3 Å². The molecular formula is C19H21N5O3S2. The molecule has 3 aromatic rings. The Kier molecular flexibility index (Phi) is 5.74. The number of aromatic nitrogens is 3. The first-order valence-electron chi connectivity index (χ1n) is 9.28. The third kappa shape index (κ3) is 4.55. The number of carbonyl (C=O) groups is 1. The van der Waals surface area contributed by atoms with Gasteiger partial charge >= 0.3 is 0 Å². The van der Waals surface area contributed by atoms with Crippen molar-refractivity contribution >= 4 is 27.3 Å². The van der Waals surface area contributed by atoms with Crippen LogP contribution in [0.4, 0.5) is 0 Å². The summed E-state index contributed by atoms with van der Waals surface area (Å²) >= 11 is 1.49. The van der Waals surface area contributed by atoms with Crippen LogP contribution in [0.1, 0.15) is 34.1 Å². The maximum Gasteiger partial charge on any atom is 0.253 e. The van der Waals surface area contributed by atoms with Gasteiger partial charge in [-0.2, -0.15) is 5.10 Å². The number of likely N-dealkylation sites (tertiary alicyclic amines) is 1. The second-order valence-electron chi connectivity index (χ2n) is 6.83. The van der Waals surface area contributed by atoms with E-state index >= 15 is 0 Å². The quantitative estimate of drug-likeness (QED) is 0.646. The molecule has 0 aliphatic carbocycles. The van der Waals surface area contributed by atoms with Crippen molar-refractivity contribution in [3.63, 3.8) is 0 Å². The van der Waals surface area contributed by atoms with Gasteiger partial charge in [0.05, 0.1) is 10.9 Å². The fraction of sp³-hybridized carbons (Fsp3) is 0.316. The van der Waals surface area contributed by atoms with E-state index in [4.69, 9.17) is 0 Å². The molecule has 1 saturated heterocycles. The minimum Gasteiger partial charge on any atom is -0.338 e. The molecule has 3 heterocycles. The third-order valence-electron chi connectivity index (χ3n) is 4.99. The first kappa shape index (κ1) is 19.7. The Morgan fingerprint density at radius 1 is 1.17 bits per heavy atom. The summed E-state index contributed by atoms with van der Waals surface area (Å²) in [7, 11) is -3.62. The largest absolute Gasteiger partial charge is 0.338 e. The second-order valence-corrected chi connectivity index (χ2v) is 9.63. The Morgan fingerprint density at radius 2 is 1.93 bits per heavy atom. The highest BCUT2D eigenvalue weighted by molar-refractivity contribution is 7.89. The molecule has 1 aliphatic heterocycles. The zero-order valence-corrected chi connectivity index (χ0v) is 17.3. The molecule has 2 aromatic heterocycles. The van der Waals surface area contributed by atoms with Gasteiger partial charge in [0.25, 0.3) is 5.91 Å². The lowest BCUT2D eigenvalue weighted by atomic mass is 10.0. The lowest BCUT2D eigenvalue weighted by molar-refractivity contribution is 0.0689. The zero-order valence-electron chi connectivity index (χ0n) is 15.6. The van der Waals surface area contributed by atoms with Crippen LogP contribution in [0.25, 0.3) is 0 Å². The van der Waals surface area contributed by atoms with Crippen LogP contribution in [0.15, 0.2) is 59.3 Å². The van der Waals surface area contributed by atoms with Crippen molar-refractivity contribution in [3.8, 4) is 0 Å². The summed E-state index contributed by atoms with van der Waals surface area (Å²) in [4.78, 5) is 19.6. The van der Waals surface area contributed by atoms with Crippen molar-refractivity contribution in [2.75, 3.05) is 13.1 Å². The van der Waals surface area contributed by atoms with Crippen LogP contribution in [0.2, 0.25) is 0 Å². The highest BCUT2D eigenvalue weighted by Gasteiger charge is 2.25. The van der Waals surface area contributed by atoms with Crippen molar-refractivity contribution in [1.82, 2.24) is 24.4 Å². The van der Waals surface area contributed by atoms with Gasteiger partial charge in [0, 0.05) is 30.1 Å². The molecule has 0 spiro atoms. The lowest BCUT2D eigenvalue weighted by Gasteiger charge is -2.32. The van der Waals surface area contributed by atoms with Crippen LogP contribution in [0.3, 0.4) is 0 Å². The first-order valence-corrected chi connectivity index (χ1v) is 11.6. The molecule has 4 rings (SSSR count). The number of rotatable bonds is 6. The predicted molar refractivity (Wildman–Crippen MR) is 109 cm³/mol. The molecule has 1 aliphatic rings. The van der Waals surface area contributed by atoms with E-state index < -0.39 is 10.0 Å². The molecular weight excluding hydrogens is 410 g/mol. The van der Waals surface area contributed by atoms with Crippen molar-refractivity contribution < 1.29 is 13.2 Å². The van der Waals surface area contributed by atoms with Gasteiger partial charge in [0.1, 0.15) is 12.7 Å². The monoisotopic (exact) mass is 431 g/mol. The highest BCUT2D eigenvalue weighted by atomic mass is 32.2. The Morgan fingerprint density at radius 3 is 2.55 bits per heavy atom. The topological polar surface area (TPSA) is 97.2 Å². The van der Waals surface area contributed by atoms with Crippen LogP contribution in [0.5, 0.6) is 0 Å². The number of amides is 1. The normalized spacial score (nSPS) is 15.5. The standard InChI is InChI=1S/C19H21N5O3S2/c25-19(23-9-7-16(8-10-23)24-14-20-13-21-24)15-3-5-18(6-4-15)29(26,27)22-12-17-2-1-11-28-17/h1-6,11,13-14,16,22H,7-10,12H2. The van der Waals surface area contributed by atoms with Gasteiger partial charge in [-0.1, -0.05) is 6.07 Å². The van der Waals surface area contributed by atoms with Gasteiger partial charge in [-0.3, -0.25) is 4.79 Å². The van der Waals surface area contributed by atoms with Gasteiger partial charge in [-0.25, -0.2) is 22.8 Å². The van der Waals surface area contributed by atoms with Crippen molar-refractivity contribution in [2.24, 2.45) is 0 Å². The maximum absolute atomic E-state index is 12.8. The van der Waals surface area contributed by atoms with E-state index in [1.54, 1.807) is 23.4 Å². The molecule has 0 saturated carbocycles. The van der Waals surface area contributed by atoms with Crippen LogP contribution in [-0.2, 0) is 16.6 Å². The number of hydrogen-bond donors (Lipinski definition) is 1. The van der Waals surface area contributed by atoms with Gasteiger partial charge in [-0.05, 0) is 48.6 Å². The molecule has 0 unspecified atom stereocenters. The van der Waals surface area contributed by atoms with Crippen LogP contribution in [0, 0.1) is 0 Å². The summed E-state index contributed by atoms with van der Waals surface area (Å²) in [6, 6.07) is 10.1. The SMILES string of the molecule is O=C(c1ccc(S(=O)(=O)NCc2cccs2)cc1)N1CCC(n2cncn2)CC1.